The minimum Gasteiger partial charge on any atom is -0.506 e. The van der Waals surface area contributed by atoms with E-state index in [0.717, 1.165) is 23.1 Å². The third-order valence-electron chi connectivity index (χ3n) is 4.62. The second kappa shape index (κ2) is 9.67. The molecular formula is C22H16Cl2N2O6. The Hall–Kier alpha value is -3.62. The van der Waals surface area contributed by atoms with E-state index < -0.39 is 28.6 Å². The minimum atomic E-state index is -1.30. The van der Waals surface area contributed by atoms with Gasteiger partial charge in [0, 0.05) is 23.8 Å². The number of benzene rings is 3. The lowest BCUT2D eigenvalue weighted by atomic mass is 10.0. The van der Waals surface area contributed by atoms with E-state index in [1.54, 1.807) is 30.3 Å². The molecule has 0 bridgehead atoms. The van der Waals surface area contributed by atoms with Gasteiger partial charge >= 0.3 is 5.97 Å². The molecule has 3 aromatic carbocycles. The number of rotatable bonds is 6. The highest BCUT2D eigenvalue weighted by molar-refractivity contribution is 6.42. The highest BCUT2D eigenvalue weighted by atomic mass is 35.5. The molecular weight excluding hydrogens is 459 g/mol. The number of halogens is 2. The van der Waals surface area contributed by atoms with Gasteiger partial charge in [-0.3, -0.25) is 19.8 Å². The first-order valence-corrected chi connectivity index (χ1v) is 9.89. The fraction of sp³-hybridized carbons (Fsp3) is 0.0909. The molecule has 1 atom stereocenters. The molecule has 0 radical (unpaired) electrons. The van der Waals surface area contributed by atoms with Crippen LogP contribution >= 0.6 is 23.2 Å². The maximum Gasteiger partial charge on any atom is 0.333 e. The van der Waals surface area contributed by atoms with Crippen molar-refractivity contribution in [2.45, 2.75) is 6.04 Å². The van der Waals surface area contributed by atoms with Crippen LogP contribution in [0.25, 0.3) is 0 Å². The summed E-state index contributed by atoms with van der Waals surface area (Å²) in [4.78, 5) is 37.8. The molecule has 1 N–H and O–H groups in total. The maximum absolute atomic E-state index is 13.6. The molecule has 0 saturated carbocycles. The number of amides is 1. The van der Waals surface area contributed by atoms with Crippen LogP contribution in [0.15, 0.2) is 66.7 Å². The van der Waals surface area contributed by atoms with Gasteiger partial charge in [-0.15, -0.1) is 0 Å². The molecule has 1 amide bonds. The number of nitrogens with zero attached hydrogens (tertiary/aromatic N) is 2. The van der Waals surface area contributed by atoms with Crippen LogP contribution < -0.4 is 4.90 Å². The topological polar surface area (TPSA) is 110 Å². The quantitative estimate of drug-likeness (QED) is 0.299. The zero-order chi connectivity index (χ0) is 23.4. The summed E-state index contributed by atoms with van der Waals surface area (Å²) in [6, 6.07) is 14.2. The highest BCUT2D eigenvalue weighted by Crippen LogP contribution is 2.40. The summed E-state index contributed by atoms with van der Waals surface area (Å²) in [7, 11) is 1.17. The molecule has 3 aromatic rings. The molecule has 0 saturated heterocycles. The number of carbonyl (C=O) groups excluding carboxylic acids is 2. The van der Waals surface area contributed by atoms with Crippen molar-refractivity contribution in [3.63, 3.8) is 0 Å². The Labute approximate surface area is 192 Å². The molecule has 0 unspecified atom stereocenters. The number of hydrogen-bond donors (Lipinski definition) is 1. The first-order chi connectivity index (χ1) is 15.2. The largest absolute Gasteiger partial charge is 0.506 e. The lowest BCUT2D eigenvalue weighted by Crippen LogP contribution is -2.40. The molecule has 32 heavy (non-hydrogen) atoms. The van der Waals surface area contributed by atoms with Crippen molar-refractivity contribution >= 4 is 46.5 Å². The summed E-state index contributed by atoms with van der Waals surface area (Å²) < 4.78 is 4.94. The number of nitro benzene ring substituents is 1. The van der Waals surface area contributed by atoms with Crippen molar-refractivity contribution < 1.29 is 24.4 Å². The molecule has 0 fully saturated rings. The van der Waals surface area contributed by atoms with Gasteiger partial charge in [0.25, 0.3) is 11.6 Å². The Kier molecular flexibility index (Phi) is 6.97. The lowest BCUT2D eigenvalue weighted by molar-refractivity contribution is -0.384. The normalized spacial score (nSPS) is 11.5. The predicted molar refractivity (Wildman–Crippen MR) is 119 cm³/mol. The van der Waals surface area contributed by atoms with E-state index in [1.807, 2.05) is 0 Å². The summed E-state index contributed by atoms with van der Waals surface area (Å²) in [6.07, 6.45) is 0. The van der Waals surface area contributed by atoms with Crippen molar-refractivity contribution in [1.29, 1.82) is 0 Å². The number of methoxy groups -OCH3 is 1. The SMILES string of the molecule is COC(=O)[C@@H](c1ccccc1)N(C(=O)c1ccc([N+](=O)[O-])cc1)c1cc(Cl)c(Cl)cc1O. The number of aromatic hydroxyl groups is 1. The number of nitro groups is 1. The van der Waals surface area contributed by atoms with Gasteiger partial charge in [-0.2, -0.15) is 0 Å². The molecule has 0 aliphatic rings. The Morgan fingerprint density at radius 1 is 1.03 bits per heavy atom. The highest BCUT2D eigenvalue weighted by Gasteiger charge is 2.36. The predicted octanol–water partition coefficient (Wildman–Crippen LogP) is 5.17. The molecule has 8 nitrogen and oxygen atoms in total. The fourth-order valence-electron chi connectivity index (χ4n) is 3.09. The number of anilines is 1. The van der Waals surface area contributed by atoms with E-state index in [-0.39, 0.29) is 27.0 Å². The standard InChI is InChI=1S/C22H16Cl2N2O6/c1-32-22(29)20(13-5-3-2-4-6-13)25(18-11-16(23)17(24)12-19(18)27)21(28)14-7-9-15(10-8-14)26(30)31/h2-12,20,27H,1H3/t20-/m1/s1. The maximum atomic E-state index is 13.6. The zero-order valence-corrected chi connectivity index (χ0v) is 18.1. The smallest absolute Gasteiger partial charge is 0.333 e. The van der Waals surface area contributed by atoms with Crippen LogP contribution in [0.5, 0.6) is 5.75 Å². The number of ether oxygens (including phenoxy) is 1. The average Bonchev–Trinajstić information content (AvgIpc) is 2.80. The summed E-state index contributed by atoms with van der Waals surface area (Å²) in [6.45, 7) is 0. The van der Waals surface area contributed by atoms with Crippen LogP contribution in [-0.2, 0) is 9.53 Å². The van der Waals surface area contributed by atoms with E-state index in [1.165, 1.54) is 25.3 Å². The van der Waals surface area contributed by atoms with Gasteiger partial charge in [-0.25, -0.2) is 4.79 Å². The fourth-order valence-corrected chi connectivity index (χ4v) is 3.40. The monoisotopic (exact) mass is 474 g/mol. The molecule has 0 aliphatic heterocycles. The van der Waals surface area contributed by atoms with Gasteiger partial charge in [-0.1, -0.05) is 53.5 Å². The van der Waals surface area contributed by atoms with Crippen LogP contribution in [-0.4, -0.2) is 29.0 Å². The van der Waals surface area contributed by atoms with Gasteiger partial charge in [0.15, 0.2) is 6.04 Å². The average molecular weight is 475 g/mol. The molecule has 3 rings (SSSR count). The lowest BCUT2D eigenvalue weighted by Gasteiger charge is -2.31. The van der Waals surface area contributed by atoms with Crippen LogP contribution in [0.2, 0.25) is 10.0 Å². The molecule has 0 heterocycles. The van der Waals surface area contributed by atoms with E-state index >= 15 is 0 Å². The molecule has 0 aliphatic carbocycles. The van der Waals surface area contributed by atoms with E-state index in [2.05, 4.69) is 0 Å². The minimum absolute atomic E-state index is 0.0332. The van der Waals surface area contributed by atoms with Crippen LogP contribution in [0.3, 0.4) is 0 Å². The van der Waals surface area contributed by atoms with Crippen molar-refractivity contribution in [2.75, 3.05) is 12.0 Å². The Morgan fingerprint density at radius 2 is 1.62 bits per heavy atom. The molecule has 0 aromatic heterocycles. The number of phenolic OH excluding ortho intramolecular Hbond substituents is 1. The van der Waals surface area contributed by atoms with Gasteiger partial charge in [0.2, 0.25) is 0 Å². The molecule has 0 spiro atoms. The molecule has 164 valence electrons. The second-order valence-electron chi connectivity index (χ2n) is 6.57. The van der Waals surface area contributed by atoms with Crippen molar-refractivity contribution in [3.8, 4) is 5.75 Å². The molecule has 10 heteroatoms. The van der Waals surface area contributed by atoms with Crippen molar-refractivity contribution in [3.05, 3.63) is 98.0 Å². The first-order valence-electron chi connectivity index (χ1n) is 9.13. The number of non-ortho nitro benzene ring substituents is 1. The summed E-state index contributed by atoms with van der Waals surface area (Å²) in [5, 5.41) is 21.6. The van der Waals surface area contributed by atoms with E-state index in [4.69, 9.17) is 27.9 Å². The summed E-state index contributed by atoms with van der Waals surface area (Å²) in [5.41, 5.74) is 0.131. The van der Waals surface area contributed by atoms with Crippen LogP contribution in [0.1, 0.15) is 22.0 Å². The Morgan fingerprint density at radius 3 is 2.19 bits per heavy atom. The Bertz CT molecular complexity index is 1170. The number of hydrogen-bond acceptors (Lipinski definition) is 6. The van der Waals surface area contributed by atoms with Crippen molar-refractivity contribution in [2.24, 2.45) is 0 Å². The number of esters is 1. The first kappa shape index (κ1) is 23.1. The van der Waals surface area contributed by atoms with Gasteiger partial charge < -0.3 is 9.84 Å². The number of phenols is 1. The van der Waals surface area contributed by atoms with Crippen molar-refractivity contribution in [1.82, 2.24) is 0 Å². The van der Waals surface area contributed by atoms with Gasteiger partial charge in [0.05, 0.1) is 27.8 Å². The number of carbonyl (C=O) groups is 2. The summed E-state index contributed by atoms with van der Waals surface area (Å²) >= 11 is 12.1. The third kappa shape index (κ3) is 4.66. The zero-order valence-electron chi connectivity index (χ0n) is 16.6. The Balaban J connectivity index is 2.23. The van der Waals surface area contributed by atoms with Gasteiger partial charge in [0.1, 0.15) is 5.75 Å². The summed E-state index contributed by atoms with van der Waals surface area (Å²) in [5.74, 6) is -1.91. The van der Waals surface area contributed by atoms with E-state index in [0.29, 0.717) is 5.56 Å². The van der Waals surface area contributed by atoms with E-state index in [9.17, 15) is 24.8 Å². The van der Waals surface area contributed by atoms with Crippen LogP contribution in [0.4, 0.5) is 11.4 Å². The van der Waals surface area contributed by atoms with Gasteiger partial charge in [-0.05, 0) is 23.8 Å². The second-order valence-corrected chi connectivity index (χ2v) is 7.38. The van der Waals surface area contributed by atoms with Crippen LogP contribution in [0, 0.1) is 10.1 Å². The third-order valence-corrected chi connectivity index (χ3v) is 5.34.